The molecule has 0 spiro atoms. The van der Waals surface area contributed by atoms with E-state index in [0.717, 1.165) is 58.1 Å². The quantitative estimate of drug-likeness (QED) is 0.0356. The lowest BCUT2D eigenvalue weighted by atomic mass is 10.0. The Hall–Kier alpha value is -2.46. The normalized spacial score (nSPS) is 12.1. The van der Waals surface area contributed by atoms with Crippen molar-refractivity contribution in [3.8, 4) is 0 Å². The van der Waals surface area contributed by atoms with Crippen molar-refractivity contribution >= 4 is 39.1 Å². The summed E-state index contributed by atoms with van der Waals surface area (Å²) < 4.78 is 24.0. The van der Waals surface area contributed by atoms with Gasteiger partial charge in [-0.1, -0.05) is 130 Å². The van der Waals surface area contributed by atoms with Crippen molar-refractivity contribution in [3.63, 3.8) is 0 Å². The van der Waals surface area contributed by atoms with E-state index >= 15 is 0 Å². The van der Waals surface area contributed by atoms with Crippen molar-refractivity contribution in [3.05, 3.63) is 0 Å². The zero-order valence-corrected chi connectivity index (χ0v) is 45.8. The van der Waals surface area contributed by atoms with Crippen LogP contribution in [0.1, 0.15) is 190 Å². The van der Waals surface area contributed by atoms with Crippen molar-refractivity contribution in [2.45, 2.75) is 196 Å². The van der Waals surface area contributed by atoms with Gasteiger partial charge in [-0.15, -0.1) is 0 Å². The Morgan fingerprint density at radius 1 is 0.478 bits per heavy atom. The predicted molar refractivity (Wildman–Crippen MR) is 282 cm³/mol. The van der Waals surface area contributed by atoms with Crippen molar-refractivity contribution in [1.29, 1.82) is 0 Å². The van der Waals surface area contributed by atoms with Crippen LogP contribution < -0.4 is 16.0 Å². The Bertz CT molecular complexity index is 1370. The van der Waals surface area contributed by atoms with E-state index in [-0.39, 0.29) is 42.5 Å². The van der Waals surface area contributed by atoms with E-state index in [4.69, 9.17) is 0 Å². The average Bonchev–Trinajstić information content (AvgIpc) is 3.16. The zero-order valence-electron chi connectivity index (χ0n) is 45.0. The van der Waals surface area contributed by atoms with Crippen LogP contribution in [0, 0.1) is 0 Å². The van der Waals surface area contributed by atoms with Crippen LogP contribution in [0.3, 0.4) is 0 Å². The molecule has 0 aliphatic carbocycles. The second kappa shape index (κ2) is 43.6. The van der Waals surface area contributed by atoms with Gasteiger partial charge in [0.25, 0.3) is 0 Å². The molecule has 0 bridgehead atoms. The average molecular weight is 981 g/mol. The number of rotatable bonds is 40. The van der Waals surface area contributed by atoms with E-state index in [1.165, 1.54) is 129 Å². The number of likely N-dealkylation sites (N-methyl/N-ethyl adjacent to an activating group) is 3. The number of carbonyl (C=O) groups excluding carboxylic acids is 5. The number of quaternary nitrogens is 3. The smallest absolute Gasteiger partial charge is 0.219 e. The number of nitrogens with zero attached hydrogens (tertiary/aromatic N) is 3. The third-order valence-electron chi connectivity index (χ3n) is 11.4. The summed E-state index contributed by atoms with van der Waals surface area (Å²) in [6.45, 7) is 14.6. The summed E-state index contributed by atoms with van der Waals surface area (Å²) in [7, 11) is 8.90. The largest absolute Gasteiger partial charge is 0.386 e. The van der Waals surface area contributed by atoms with Gasteiger partial charge in [0.1, 0.15) is 35.6 Å². The van der Waals surface area contributed by atoms with Crippen LogP contribution in [0.2, 0.25) is 0 Å². The molecule has 0 saturated carbocycles. The lowest BCUT2D eigenvalue weighted by molar-refractivity contribution is -0.893. The van der Waals surface area contributed by atoms with Gasteiger partial charge in [0.2, 0.25) is 17.7 Å². The fourth-order valence-electron chi connectivity index (χ4n) is 8.16. The highest BCUT2D eigenvalue weighted by Gasteiger charge is 2.23. The highest BCUT2D eigenvalue weighted by molar-refractivity contribution is 7.90. The van der Waals surface area contributed by atoms with E-state index in [1.54, 1.807) is 13.8 Å². The molecular weight excluding hydrogens is 869 g/mol. The molecule has 67 heavy (non-hydrogen) atoms. The zero-order chi connectivity index (χ0) is 50.9. The molecule has 0 aliphatic heterocycles. The van der Waals surface area contributed by atoms with Gasteiger partial charge in [0.15, 0.2) is 11.6 Å². The van der Waals surface area contributed by atoms with E-state index in [9.17, 15) is 37.5 Å². The van der Waals surface area contributed by atoms with E-state index in [1.807, 2.05) is 28.2 Å². The Labute approximate surface area is 413 Å². The minimum absolute atomic E-state index is 0. The van der Waals surface area contributed by atoms with Crippen molar-refractivity contribution < 1.29 is 50.9 Å². The maximum absolute atomic E-state index is 12.0. The number of carbonyl (C=O) groups is 5. The van der Waals surface area contributed by atoms with Crippen molar-refractivity contribution in [2.75, 3.05) is 113 Å². The molecule has 0 aliphatic rings. The number of amides is 3. The lowest BCUT2D eigenvalue weighted by Crippen LogP contribution is -2.48. The standard InChI is InChI=1S/C30H60N2O2.C11H24N2O4S.C10H20N2O2.CH4/c1-5-6-7-8-9-10-11-12-13-14-15-16-17-18-19-20-21-22-23-25-30(34)31-26-24-27-32(3,4)28-29(2)33;1-10(14)12-6-5-7-13(2,3)8-11(15)9-18(4,16)17;1-9(13)8-12(3,4)7-5-6-11-10(2)14;/h5-28H2,1-4H3;11,15H,5-9H2,1-4H3;5-8H2,1-4H3;1H4/p+3. The van der Waals surface area contributed by atoms with Gasteiger partial charge in [-0.05, 0) is 6.42 Å². The third-order valence-corrected chi connectivity index (χ3v) is 12.4. The summed E-state index contributed by atoms with van der Waals surface area (Å²) in [5, 5.41) is 18.2. The monoisotopic (exact) mass is 980 g/mol. The van der Waals surface area contributed by atoms with Crippen molar-refractivity contribution in [1.82, 2.24) is 16.0 Å². The minimum atomic E-state index is -3.15. The van der Waals surface area contributed by atoms with Crippen molar-refractivity contribution in [2.24, 2.45) is 0 Å². The highest BCUT2D eigenvalue weighted by Crippen LogP contribution is 2.15. The molecular formula is C52H111N6O8S+3. The second-order valence-electron chi connectivity index (χ2n) is 21.1. The van der Waals surface area contributed by atoms with Gasteiger partial charge in [-0.25, -0.2) is 8.42 Å². The number of aliphatic hydroxyl groups excluding tert-OH is 1. The van der Waals surface area contributed by atoms with Crippen LogP contribution in [-0.4, -0.2) is 176 Å². The summed E-state index contributed by atoms with van der Waals surface area (Å²) in [6.07, 6.45) is 29.7. The lowest BCUT2D eigenvalue weighted by Gasteiger charge is -2.31. The third kappa shape index (κ3) is 61.5. The molecule has 0 aromatic heterocycles. The van der Waals surface area contributed by atoms with Gasteiger partial charge in [-0.2, -0.15) is 0 Å². The molecule has 15 heteroatoms. The van der Waals surface area contributed by atoms with E-state index in [0.29, 0.717) is 52.6 Å². The molecule has 0 saturated heterocycles. The maximum Gasteiger partial charge on any atom is 0.219 e. The molecule has 0 heterocycles. The van der Waals surface area contributed by atoms with Crippen LogP contribution in [0.4, 0.5) is 0 Å². The van der Waals surface area contributed by atoms with Crippen LogP contribution in [0.15, 0.2) is 0 Å². The van der Waals surface area contributed by atoms with Gasteiger partial charge in [-0.3, -0.25) is 24.0 Å². The fraction of sp³-hybridized carbons (Fsp3) is 0.904. The molecule has 1 unspecified atom stereocenters. The van der Waals surface area contributed by atoms with Gasteiger partial charge in [0, 0.05) is 79.3 Å². The molecule has 14 nitrogen and oxygen atoms in total. The van der Waals surface area contributed by atoms with Crippen LogP contribution in [-0.2, 0) is 33.8 Å². The van der Waals surface area contributed by atoms with Gasteiger partial charge >= 0.3 is 0 Å². The Morgan fingerprint density at radius 3 is 1.07 bits per heavy atom. The Kier molecular flexibility index (Phi) is 46.2. The fourth-order valence-corrected chi connectivity index (χ4v) is 8.96. The summed E-state index contributed by atoms with van der Waals surface area (Å²) >= 11 is 0. The molecule has 3 amide bonds. The molecule has 0 radical (unpaired) electrons. The molecule has 1 atom stereocenters. The number of nitrogens with one attached hydrogen (secondary N) is 3. The van der Waals surface area contributed by atoms with Gasteiger partial charge in [0.05, 0.1) is 67.7 Å². The predicted octanol–water partition coefficient (Wildman–Crippen LogP) is 7.79. The topological polar surface area (TPSA) is 176 Å². The first-order chi connectivity index (χ1) is 30.7. The van der Waals surface area contributed by atoms with Crippen LogP contribution in [0.5, 0.6) is 0 Å². The first-order valence-electron chi connectivity index (χ1n) is 25.8. The number of aliphatic hydroxyl groups is 1. The molecule has 0 aromatic carbocycles. The number of hydrogen-bond donors (Lipinski definition) is 4. The molecule has 4 N–H and O–H groups in total. The molecule has 400 valence electrons. The number of ketones is 2. The maximum atomic E-state index is 12.0. The highest BCUT2D eigenvalue weighted by atomic mass is 32.2. The van der Waals surface area contributed by atoms with E-state index in [2.05, 4.69) is 37.0 Å². The second-order valence-corrected chi connectivity index (χ2v) is 23.3. The number of Topliss-reactive ketones (excluding diaryl/α,β-unsaturated/α-hetero) is 2. The molecule has 0 rings (SSSR count). The van der Waals surface area contributed by atoms with E-state index < -0.39 is 15.9 Å². The summed E-state index contributed by atoms with van der Waals surface area (Å²) in [4.78, 5) is 55.4. The van der Waals surface area contributed by atoms with Gasteiger partial charge < -0.3 is 34.5 Å². The van der Waals surface area contributed by atoms with Crippen LogP contribution >= 0.6 is 0 Å². The Balaban J connectivity index is -0.000000502. The first kappa shape index (κ1) is 71.1. The summed E-state index contributed by atoms with van der Waals surface area (Å²) in [6, 6.07) is 0. The van der Waals surface area contributed by atoms with Crippen LogP contribution in [0.25, 0.3) is 0 Å². The number of hydrogen-bond acceptors (Lipinski definition) is 8. The first-order valence-corrected chi connectivity index (χ1v) is 27.8. The SMILES string of the molecule is C.CC(=O)C[N+](C)(C)CCCNC(C)=O.CC(=O)NCCC[N+](C)(C)CC(O)CS(C)(=O)=O.CCCCCCCCCCCCCCCCCCCCCC(=O)NCCC[N+](C)(C)CC(C)=O. The Morgan fingerprint density at radius 2 is 0.776 bits per heavy atom. The molecule has 0 fully saturated rings. The molecule has 0 aromatic rings. The minimum Gasteiger partial charge on any atom is -0.386 e. The number of unbranched alkanes of at least 4 members (excludes halogenated alkanes) is 18. The number of sulfone groups is 1. The summed E-state index contributed by atoms with van der Waals surface area (Å²) in [5.74, 6) is 0.344. The summed E-state index contributed by atoms with van der Waals surface area (Å²) in [5.41, 5.74) is 0.